The van der Waals surface area contributed by atoms with Crippen LogP contribution in [0.25, 0.3) is 0 Å². The molecule has 6 nitrogen and oxygen atoms in total. The number of hydrogen-bond donors (Lipinski definition) is 1. The average molecular weight is 422 g/mol. The van der Waals surface area contributed by atoms with Crippen molar-refractivity contribution in [3.05, 3.63) is 69.6 Å². The van der Waals surface area contributed by atoms with Crippen molar-refractivity contribution >= 4 is 5.91 Å². The molecular weight excluding hydrogens is 397 g/mol. The predicted molar refractivity (Wildman–Crippen MR) is 107 cm³/mol. The van der Waals surface area contributed by atoms with Gasteiger partial charge in [0, 0.05) is 51.5 Å². The van der Waals surface area contributed by atoms with Gasteiger partial charge in [-0.25, -0.2) is 0 Å². The molecule has 0 radical (unpaired) electrons. The lowest BCUT2D eigenvalue weighted by atomic mass is 10.1. The number of alkyl halides is 3. The second-order valence-electron chi connectivity index (χ2n) is 7.56. The Morgan fingerprint density at radius 3 is 2.47 bits per heavy atom. The Bertz CT molecular complexity index is 934. The van der Waals surface area contributed by atoms with Crippen molar-refractivity contribution in [2.45, 2.75) is 25.8 Å². The van der Waals surface area contributed by atoms with Crippen LogP contribution in [0.4, 0.5) is 13.2 Å². The average Bonchev–Trinajstić information content (AvgIpc) is 2.69. The molecular formula is C21H25F3N4O2. The van der Waals surface area contributed by atoms with Crippen LogP contribution in [0, 0.1) is 0 Å². The van der Waals surface area contributed by atoms with Crippen LogP contribution >= 0.6 is 0 Å². The molecule has 1 aliphatic heterocycles. The molecule has 0 saturated carbocycles. The van der Waals surface area contributed by atoms with Crippen LogP contribution in [0.15, 0.2) is 47.4 Å². The summed E-state index contributed by atoms with van der Waals surface area (Å²) in [4.78, 5) is 28.6. The van der Waals surface area contributed by atoms with E-state index in [-0.39, 0.29) is 6.54 Å². The molecule has 1 amide bonds. The van der Waals surface area contributed by atoms with Crippen molar-refractivity contribution in [1.82, 2.24) is 19.7 Å². The highest BCUT2D eigenvalue weighted by Crippen LogP contribution is 2.27. The number of benzene rings is 1. The monoisotopic (exact) mass is 422 g/mol. The van der Waals surface area contributed by atoms with E-state index < -0.39 is 29.8 Å². The third kappa shape index (κ3) is 6.17. The standard InChI is InChI=1S/C21H25F3N4O2/c1-26-7-9-27(10-8-26)13-17-4-2-3-16(11-17)12-25-19(29)15-28-14-18(21(22,23)24)5-6-20(28)30/h2-6,11,14H,7-10,12-13,15H2,1H3,(H,25,29). The zero-order valence-corrected chi connectivity index (χ0v) is 16.8. The van der Waals surface area contributed by atoms with Gasteiger partial charge in [0.1, 0.15) is 6.54 Å². The lowest BCUT2D eigenvalue weighted by Crippen LogP contribution is -2.43. The summed E-state index contributed by atoms with van der Waals surface area (Å²) in [5.41, 5.74) is 0.408. The van der Waals surface area contributed by atoms with Gasteiger partial charge in [-0.3, -0.25) is 14.5 Å². The van der Waals surface area contributed by atoms with E-state index in [4.69, 9.17) is 0 Å². The van der Waals surface area contributed by atoms with Gasteiger partial charge in [0.25, 0.3) is 5.56 Å². The van der Waals surface area contributed by atoms with Crippen molar-refractivity contribution in [1.29, 1.82) is 0 Å². The smallest absolute Gasteiger partial charge is 0.350 e. The number of pyridine rings is 1. The lowest BCUT2D eigenvalue weighted by molar-refractivity contribution is -0.138. The Morgan fingerprint density at radius 2 is 1.77 bits per heavy atom. The van der Waals surface area contributed by atoms with Crippen LogP contribution < -0.4 is 10.9 Å². The molecule has 0 atom stereocenters. The summed E-state index contributed by atoms with van der Waals surface area (Å²) in [6.45, 7) is 4.67. The molecule has 1 fully saturated rings. The summed E-state index contributed by atoms with van der Waals surface area (Å²) in [7, 11) is 2.11. The third-order valence-electron chi connectivity index (χ3n) is 5.11. The molecule has 162 valence electrons. The Balaban J connectivity index is 1.56. The second kappa shape index (κ2) is 9.44. The highest BCUT2D eigenvalue weighted by atomic mass is 19.4. The molecule has 9 heteroatoms. The van der Waals surface area contributed by atoms with Gasteiger partial charge in [0.15, 0.2) is 0 Å². The van der Waals surface area contributed by atoms with E-state index in [1.807, 2.05) is 24.3 Å². The normalized spacial score (nSPS) is 15.9. The highest BCUT2D eigenvalue weighted by molar-refractivity contribution is 5.75. The van der Waals surface area contributed by atoms with Crippen molar-refractivity contribution in [2.24, 2.45) is 0 Å². The summed E-state index contributed by atoms with van der Waals surface area (Å²) in [5.74, 6) is -0.527. The van der Waals surface area contributed by atoms with Gasteiger partial charge in [-0.15, -0.1) is 0 Å². The van der Waals surface area contributed by atoms with Crippen LogP contribution in [0.2, 0.25) is 0 Å². The summed E-state index contributed by atoms with van der Waals surface area (Å²) in [6, 6.07) is 9.37. The molecule has 2 aromatic rings. The van der Waals surface area contributed by atoms with E-state index >= 15 is 0 Å². The molecule has 1 saturated heterocycles. The van der Waals surface area contributed by atoms with Crippen molar-refractivity contribution < 1.29 is 18.0 Å². The number of piperazine rings is 1. The van der Waals surface area contributed by atoms with Crippen LogP contribution in [0.1, 0.15) is 16.7 Å². The van der Waals surface area contributed by atoms with Crippen molar-refractivity contribution in [3.8, 4) is 0 Å². The van der Waals surface area contributed by atoms with Gasteiger partial charge in [-0.2, -0.15) is 13.2 Å². The molecule has 0 bridgehead atoms. The first-order chi connectivity index (χ1) is 14.2. The predicted octanol–water partition coefficient (Wildman–Crippen LogP) is 1.93. The Labute approximate surface area is 172 Å². The van der Waals surface area contributed by atoms with Crippen LogP contribution in [0.5, 0.6) is 0 Å². The highest BCUT2D eigenvalue weighted by Gasteiger charge is 2.31. The van der Waals surface area contributed by atoms with Gasteiger partial charge in [-0.1, -0.05) is 24.3 Å². The minimum Gasteiger partial charge on any atom is -0.350 e. The zero-order valence-electron chi connectivity index (χ0n) is 16.8. The molecule has 1 aliphatic rings. The molecule has 2 heterocycles. The number of carbonyl (C=O) groups is 1. The van der Waals surface area contributed by atoms with Crippen LogP contribution in [0.3, 0.4) is 0 Å². The molecule has 1 aromatic heterocycles. The van der Waals surface area contributed by atoms with E-state index in [1.165, 1.54) is 0 Å². The molecule has 1 aromatic carbocycles. The van der Waals surface area contributed by atoms with Crippen molar-refractivity contribution in [3.63, 3.8) is 0 Å². The third-order valence-corrected chi connectivity index (χ3v) is 5.11. The van der Waals surface area contributed by atoms with Gasteiger partial charge in [-0.05, 0) is 24.2 Å². The fraction of sp³-hybridized carbons (Fsp3) is 0.429. The number of hydrogen-bond acceptors (Lipinski definition) is 4. The first-order valence-corrected chi connectivity index (χ1v) is 9.74. The van der Waals surface area contributed by atoms with Crippen LogP contribution in [-0.2, 0) is 30.6 Å². The SMILES string of the molecule is CN1CCN(Cc2cccc(CNC(=O)Cn3cc(C(F)(F)F)ccc3=O)c2)CC1. The minimum absolute atomic E-state index is 0.239. The molecule has 3 rings (SSSR count). The topological polar surface area (TPSA) is 57.6 Å². The fourth-order valence-corrected chi connectivity index (χ4v) is 3.34. The van der Waals surface area contributed by atoms with Gasteiger partial charge >= 0.3 is 6.18 Å². The van der Waals surface area contributed by atoms with Gasteiger partial charge < -0.3 is 14.8 Å². The first-order valence-electron chi connectivity index (χ1n) is 9.74. The number of aromatic nitrogens is 1. The van der Waals surface area contributed by atoms with Crippen LogP contribution in [-0.4, -0.2) is 53.5 Å². The molecule has 0 aliphatic carbocycles. The summed E-state index contributed by atoms with van der Waals surface area (Å²) < 4.78 is 39.2. The summed E-state index contributed by atoms with van der Waals surface area (Å²) >= 11 is 0. The Hall–Kier alpha value is -2.65. The Kier molecular flexibility index (Phi) is 6.94. The minimum atomic E-state index is -4.57. The first kappa shape index (κ1) is 22.0. The zero-order chi connectivity index (χ0) is 21.7. The van der Waals surface area contributed by atoms with E-state index in [0.717, 1.165) is 54.5 Å². The fourth-order valence-electron chi connectivity index (χ4n) is 3.34. The number of amides is 1. The molecule has 0 spiro atoms. The summed E-state index contributed by atoms with van der Waals surface area (Å²) in [5, 5.41) is 2.67. The Morgan fingerprint density at radius 1 is 1.07 bits per heavy atom. The molecule has 0 unspecified atom stereocenters. The maximum atomic E-state index is 12.8. The van der Waals surface area contributed by atoms with E-state index in [9.17, 15) is 22.8 Å². The van der Waals surface area contributed by atoms with Gasteiger partial charge in [0.2, 0.25) is 5.91 Å². The molecule has 1 N–H and O–H groups in total. The molecule has 30 heavy (non-hydrogen) atoms. The van der Waals surface area contributed by atoms with E-state index in [0.29, 0.717) is 12.3 Å². The second-order valence-corrected chi connectivity index (χ2v) is 7.56. The van der Waals surface area contributed by atoms with E-state index in [2.05, 4.69) is 22.2 Å². The quantitative estimate of drug-likeness (QED) is 0.773. The number of nitrogens with one attached hydrogen (secondary N) is 1. The maximum absolute atomic E-state index is 12.8. The summed E-state index contributed by atoms with van der Waals surface area (Å²) in [6.07, 6.45) is -3.91. The number of halogens is 3. The number of nitrogens with zero attached hydrogens (tertiary/aromatic N) is 3. The van der Waals surface area contributed by atoms with E-state index in [1.54, 1.807) is 0 Å². The van der Waals surface area contributed by atoms with Crippen molar-refractivity contribution in [2.75, 3.05) is 33.2 Å². The number of carbonyl (C=O) groups excluding carboxylic acids is 1. The number of rotatable bonds is 6. The maximum Gasteiger partial charge on any atom is 0.417 e. The van der Waals surface area contributed by atoms with Gasteiger partial charge in [0.05, 0.1) is 5.56 Å². The lowest BCUT2D eigenvalue weighted by Gasteiger charge is -2.32. The number of likely N-dealkylation sites (N-methyl/N-ethyl adjacent to an activating group) is 1. The largest absolute Gasteiger partial charge is 0.417 e.